The second-order valence-corrected chi connectivity index (χ2v) is 1.89. The van der Waals surface area contributed by atoms with Gasteiger partial charge in [-0.1, -0.05) is 0 Å². The van der Waals surface area contributed by atoms with Crippen molar-refractivity contribution >= 4 is 5.91 Å². The van der Waals surface area contributed by atoms with E-state index in [4.69, 9.17) is 0 Å². The molecule has 1 rings (SSSR count). The van der Waals surface area contributed by atoms with E-state index in [2.05, 4.69) is 0 Å². The molecule has 0 spiro atoms. The molecule has 0 aromatic rings. The summed E-state index contributed by atoms with van der Waals surface area (Å²) in [6.07, 6.45) is 1.43. The number of hydrogen-bond donors (Lipinski definition) is 0. The molecule has 1 aliphatic heterocycles. The summed E-state index contributed by atoms with van der Waals surface area (Å²) >= 11 is 0. The van der Waals surface area contributed by atoms with Crippen LogP contribution in [0.15, 0.2) is 0 Å². The number of hydrogen-bond acceptors (Lipinski definition) is 1. The average Bonchev–Trinajstić information content (AvgIpc) is 2.14. The lowest BCUT2D eigenvalue weighted by atomic mass is 10.4. The summed E-state index contributed by atoms with van der Waals surface area (Å²) in [4.78, 5) is 11.9. The first kappa shape index (κ1) is 5.56. The minimum absolute atomic E-state index is 0.0139. The van der Waals surface area contributed by atoms with Gasteiger partial charge in [0.15, 0.2) is 6.73 Å². The van der Waals surface area contributed by atoms with E-state index in [-0.39, 0.29) is 12.6 Å². The molecule has 0 aromatic carbocycles. The van der Waals surface area contributed by atoms with Crippen LogP contribution < -0.4 is 0 Å². The van der Waals surface area contributed by atoms with Crippen LogP contribution in [0.25, 0.3) is 0 Å². The number of nitrogens with zero attached hydrogens (tertiary/aromatic N) is 1. The molecule has 3 heteroatoms. The van der Waals surface area contributed by atoms with Gasteiger partial charge in [-0.25, -0.2) is 5.11 Å². The molecule has 0 atom stereocenters. The van der Waals surface area contributed by atoms with Gasteiger partial charge in [0.2, 0.25) is 5.91 Å². The molecule has 1 heterocycles. The standard InChI is InChI=1S/C5H8NO2/c7-4-6-3-1-2-5(6)8/h1-4H2. The molecule has 45 valence electrons. The fourth-order valence-corrected chi connectivity index (χ4v) is 0.841. The molecule has 0 aliphatic carbocycles. The van der Waals surface area contributed by atoms with Gasteiger partial charge in [-0.05, 0) is 6.42 Å². The summed E-state index contributed by atoms with van der Waals surface area (Å²) in [6.45, 7) is 0.307. The molecule has 1 aliphatic rings. The van der Waals surface area contributed by atoms with Crippen LogP contribution >= 0.6 is 0 Å². The lowest BCUT2D eigenvalue weighted by Crippen LogP contribution is -2.24. The van der Waals surface area contributed by atoms with Crippen molar-refractivity contribution in [2.45, 2.75) is 12.8 Å². The van der Waals surface area contributed by atoms with Crippen LogP contribution in [-0.4, -0.2) is 24.1 Å². The van der Waals surface area contributed by atoms with Gasteiger partial charge >= 0.3 is 0 Å². The predicted molar refractivity (Wildman–Crippen MR) is 26.5 cm³/mol. The van der Waals surface area contributed by atoms with Crippen molar-refractivity contribution in [1.82, 2.24) is 4.90 Å². The minimum Gasteiger partial charge on any atom is -0.317 e. The zero-order valence-electron chi connectivity index (χ0n) is 4.59. The van der Waals surface area contributed by atoms with Crippen LogP contribution in [0.2, 0.25) is 0 Å². The van der Waals surface area contributed by atoms with E-state index >= 15 is 0 Å². The normalized spacial score (nSPS) is 20.1. The molecule has 1 amide bonds. The molecule has 1 radical (unpaired) electrons. The molecule has 0 saturated carbocycles. The van der Waals surface area contributed by atoms with Crippen molar-refractivity contribution in [3.63, 3.8) is 0 Å². The number of amides is 1. The first-order chi connectivity index (χ1) is 3.84. The quantitative estimate of drug-likeness (QED) is 0.473. The van der Waals surface area contributed by atoms with Gasteiger partial charge in [-0.15, -0.1) is 0 Å². The summed E-state index contributed by atoms with van der Waals surface area (Å²) in [6, 6.07) is 0. The Kier molecular flexibility index (Phi) is 1.48. The average molecular weight is 114 g/mol. The fourth-order valence-electron chi connectivity index (χ4n) is 0.841. The van der Waals surface area contributed by atoms with E-state index in [1.807, 2.05) is 0 Å². The van der Waals surface area contributed by atoms with Crippen molar-refractivity contribution in [3.8, 4) is 0 Å². The molecule has 1 fully saturated rings. The summed E-state index contributed by atoms with van der Waals surface area (Å²) in [7, 11) is 0. The Labute approximate surface area is 47.9 Å². The number of likely N-dealkylation sites (tertiary alicyclic amines) is 1. The minimum atomic E-state index is -0.362. The molecule has 0 N–H and O–H groups in total. The first-order valence-electron chi connectivity index (χ1n) is 2.70. The van der Waals surface area contributed by atoms with Crippen molar-refractivity contribution in [2.75, 3.05) is 13.3 Å². The SMILES string of the molecule is [O]CN1CCCC1=O. The monoisotopic (exact) mass is 114 g/mol. The number of rotatable bonds is 1. The highest BCUT2D eigenvalue weighted by Crippen LogP contribution is 2.06. The largest absolute Gasteiger partial charge is 0.317 e. The Hall–Kier alpha value is -0.570. The highest BCUT2D eigenvalue weighted by Gasteiger charge is 2.18. The van der Waals surface area contributed by atoms with E-state index in [1.54, 1.807) is 0 Å². The highest BCUT2D eigenvalue weighted by atomic mass is 16.3. The highest BCUT2D eigenvalue weighted by molar-refractivity contribution is 5.77. The fraction of sp³-hybridized carbons (Fsp3) is 0.800. The lowest BCUT2D eigenvalue weighted by molar-refractivity contribution is -0.132. The molecule has 0 unspecified atom stereocenters. The molecule has 0 bridgehead atoms. The summed E-state index contributed by atoms with van der Waals surface area (Å²) in [5.41, 5.74) is 0. The summed E-state index contributed by atoms with van der Waals surface area (Å²) in [5.74, 6) is 0.0139. The van der Waals surface area contributed by atoms with Crippen LogP contribution in [0, 0.1) is 0 Å². The molecular weight excluding hydrogens is 106 g/mol. The zero-order chi connectivity index (χ0) is 5.98. The smallest absolute Gasteiger partial charge is 0.224 e. The van der Waals surface area contributed by atoms with Gasteiger partial charge in [0.1, 0.15) is 0 Å². The van der Waals surface area contributed by atoms with Crippen LogP contribution in [0.5, 0.6) is 0 Å². The van der Waals surface area contributed by atoms with Crippen LogP contribution in [0.3, 0.4) is 0 Å². The van der Waals surface area contributed by atoms with Crippen LogP contribution in [0.4, 0.5) is 0 Å². The van der Waals surface area contributed by atoms with Gasteiger partial charge in [0, 0.05) is 13.0 Å². The maximum atomic E-state index is 10.5. The van der Waals surface area contributed by atoms with Gasteiger partial charge < -0.3 is 4.90 Å². The van der Waals surface area contributed by atoms with Crippen LogP contribution in [-0.2, 0) is 9.90 Å². The third kappa shape index (κ3) is 0.816. The van der Waals surface area contributed by atoms with Crippen molar-refractivity contribution in [2.24, 2.45) is 0 Å². The predicted octanol–water partition coefficient (Wildman–Crippen LogP) is -0.00320. The van der Waals surface area contributed by atoms with Crippen molar-refractivity contribution in [3.05, 3.63) is 0 Å². The molecule has 8 heavy (non-hydrogen) atoms. The van der Waals surface area contributed by atoms with Crippen molar-refractivity contribution in [1.29, 1.82) is 0 Å². The van der Waals surface area contributed by atoms with E-state index in [9.17, 15) is 9.90 Å². The van der Waals surface area contributed by atoms with Gasteiger partial charge in [0.05, 0.1) is 0 Å². The molecule has 1 saturated heterocycles. The van der Waals surface area contributed by atoms with Gasteiger partial charge in [0.25, 0.3) is 0 Å². The molecule has 3 nitrogen and oxygen atoms in total. The third-order valence-electron chi connectivity index (χ3n) is 1.33. The topological polar surface area (TPSA) is 40.2 Å². The van der Waals surface area contributed by atoms with Gasteiger partial charge in [-0.2, -0.15) is 0 Å². The Morgan fingerprint density at radius 3 is 2.62 bits per heavy atom. The second kappa shape index (κ2) is 2.13. The van der Waals surface area contributed by atoms with E-state index in [1.165, 1.54) is 4.90 Å². The number of carbonyl (C=O) groups excluding carboxylic acids is 1. The van der Waals surface area contributed by atoms with Gasteiger partial charge in [-0.3, -0.25) is 4.79 Å². The third-order valence-corrected chi connectivity index (χ3v) is 1.33. The van der Waals surface area contributed by atoms with Crippen LogP contribution in [0.1, 0.15) is 12.8 Å². The Morgan fingerprint density at radius 1 is 1.62 bits per heavy atom. The lowest BCUT2D eigenvalue weighted by Gasteiger charge is -2.07. The Morgan fingerprint density at radius 2 is 2.38 bits per heavy atom. The van der Waals surface area contributed by atoms with Crippen molar-refractivity contribution < 1.29 is 9.90 Å². The maximum Gasteiger partial charge on any atom is 0.224 e. The molecular formula is C5H8NO2. The summed E-state index contributed by atoms with van der Waals surface area (Å²) < 4.78 is 0. The summed E-state index contributed by atoms with van der Waals surface area (Å²) in [5, 5.41) is 10.0. The number of carbonyl (C=O) groups is 1. The Bertz CT molecular complexity index is 103. The zero-order valence-corrected chi connectivity index (χ0v) is 4.59. The van der Waals surface area contributed by atoms with E-state index in [0.717, 1.165) is 6.42 Å². The molecule has 0 aromatic heterocycles. The van der Waals surface area contributed by atoms with E-state index < -0.39 is 0 Å². The second-order valence-electron chi connectivity index (χ2n) is 1.89. The van der Waals surface area contributed by atoms with E-state index in [0.29, 0.717) is 13.0 Å². The maximum absolute atomic E-state index is 10.5. The Balaban J connectivity index is 2.42. The first-order valence-corrected chi connectivity index (χ1v) is 2.70.